The number of rotatable bonds is 2. The molecule has 1 aromatic carbocycles. The van der Waals surface area contributed by atoms with Gasteiger partial charge in [-0.3, -0.25) is 0 Å². The van der Waals surface area contributed by atoms with E-state index in [-0.39, 0.29) is 16.9 Å². The van der Waals surface area contributed by atoms with Crippen LogP contribution in [0.2, 0.25) is 0 Å². The molecular weight excluding hydrogens is 393 g/mol. The van der Waals surface area contributed by atoms with Crippen molar-refractivity contribution in [1.82, 2.24) is 9.97 Å². The van der Waals surface area contributed by atoms with Gasteiger partial charge in [0.15, 0.2) is 0 Å². The quantitative estimate of drug-likeness (QED) is 0.620. The average Bonchev–Trinajstić information content (AvgIpc) is 3.20. The molecule has 1 fully saturated rings. The number of benzene rings is 1. The number of halogens is 3. The van der Waals surface area contributed by atoms with Crippen LogP contribution in [0.25, 0.3) is 16.7 Å². The number of nitrogens with zero attached hydrogens (tertiary/aromatic N) is 2. The van der Waals surface area contributed by atoms with Crippen LogP contribution in [-0.4, -0.2) is 23.2 Å². The van der Waals surface area contributed by atoms with Crippen molar-refractivity contribution in [2.45, 2.75) is 38.3 Å². The number of anilines is 1. The highest BCUT2D eigenvalue weighted by Crippen LogP contribution is 2.37. The molecule has 30 heavy (non-hydrogen) atoms. The SMILES string of the molecule is Nc1c2cc(C(F)(F)F)[nH]c2nc[n+]1-c1cccc2c1C[C@H](C1CCOCC1)CC2. The molecule has 0 spiro atoms. The van der Waals surface area contributed by atoms with Crippen LogP contribution in [-0.2, 0) is 23.8 Å². The van der Waals surface area contributed by atoms with E-state index in [1.54, 1.807) is 4.57 Å². The van der Waals surface area contributed by atoms with Crippen molar-refractivity contribution in [3.05, 3.63) is 47.4 Å². The van der Waals surface area contributed by atoms with Gasteiger partial charge < -0.3 is 15.5 Å². The van der Waals surface area contributed by atoms with Crippen LogP contribution < -0.4 is 10.3 Å². The van der Waals surface area contributed by atoms with Crippen LogP contribution in [0.1, 0.15) is 36.1 Å². The summed E-state index contributed by atoms with van der Waals surface area (Å²) in [5.74, 6) is 1.50. The summed E-state index contributed by atoms with van der Waals surface area (Å²) in [6.07, 6.45) is 2.34. The molecule has 0 unspecified atom stereocenters. The Bertz CT molecular complexity index is 1090. The third kappa shape index (κ3) is 3.33. The molecule has 8 heteroatoms. The highest BCUT2D eigenvalue weighted by atomic mass is 19.4. The Hall–Kier alpha value is -2.61. The molecule has 3 aromatic rings. The summed E-state index contributed by atoms with van der Waals surface area (Å²) in [5, 5.41) is 0.277. The molecule has 1 aliphatic carbocycles. The number of nitrogen functional groups attached to an aromatic ring is 1. The molecule has 1 saturated heterocycles. The van der Waals surface area contributed by atoms with Gasteiger partial charge in [0.1, 0.15) is 16.8 Å². The van der Waals surface area contributed by atoms with Gasteiger partial charge in [-0.25, -0.2) is 4.57 Å². The Morgan fingerprint density at radius 1 is 1.13 bits per heavy atom. The van der Waals surface area contributed by atoms with Crippen LogP contribution in [0.15, 0.2) is 30.6 Å². The Balaban J connectivity index is 1.55. The van der Waals surface area contributed by atoms with Gasteiger partial charge in [-0.1, -0.05) is 17.1 Å². The van der Waals surface area contributed by atoms with Crippen LogP contribution in [0.4, 0.5) is 19.0 Å². The third-order valence-electron chi connectivity index (χ3n) is 6.63. The van der Waals surface area contributed by atoms with E-state index in [2.05, 4.69) is 16.0 Å². The van der Waals surface area contributed by atoms with Crippen molar-refractivity contribution in [2.24, 2.45) is 11.8 Å². The predicted octanol–water partition coefficient (Wildman–Crippen LogP) is 3.97. The number of nitrogens with two attached hydrogens (primary N) is 1. The largest absolute Gasteiger partial charge is 0.431 e. The fraction of sp³-hybridized carbons (Fsp3) is 0.455. The van der Waals surface area contributed by atoms with E-state index in [1.807, 2.05) is 12.1 Å². The highest BCUT2D eigenvalue weighted by Gasteiger charge is 2.35. The number of H-pyrrole nitrogens is 1. The lowest BCUT2D eigenvalue weighted by molar-refractivity contribution is -0.582. The second kappa shape index (κ2) is 7.27. The maximum Gasteiger partial charge on any atom is 0.431 e. The number of hydrogen-bond acceptors (Lipinski definition) is 3. The lowest BCUT2D eigenvalue weighted by Gasteiger charge is -2.34. The molecule has 0 bridgehead atoms. The summed E-state index contributed by atoms with van der Waals surface area (Å²) >= 11 is 0. The second-order valence-corrected chi connectivity index (χ2v) is 8.31. The smallest absolute Gasteiger partial charge is 0.381 e. The first-order chi connectivity index (χ1) is 14.4. The first kappa shape index (κ1) is 19.4. The van der Waals surface area contributed by atoms with Crippen molar-refractivity contribution >= 4 is 16.9 Å². The Morgan fingerprint density at radius 2 is 1.93 bits per heavy atom. The van der Waals surface area contributed by atoms with Gasteiger partial charge in [0.25, 0.3) is 0 Å². The number of alkyl halides is 3. The van der Waals surface area contributed by atoms with Gasteiger partial charge in [0.2, 0.25) is 17.8 Å². The highest BCUT2D eigenvalue weighted by molar-refractivity contribution is 5.85. The minimum Gasteiger partial charge on any atom is -0.381 e. The summed E-state index contributed by atoms with van der Waals surface area (Å²) in [4.78, 5) is 6.55. The molecule has 5 nitrogen and oxygen atoms in total. The average molecular weight is 417 g/mol. The van der Waals surface area contributed by atoms with E-state index >= 15 is 0 Å². The van der Waals surface area contributed by atoms with Crippen LogP contribution in [0.5, 0.6) is 0 Å². The normalized spacial score (nSPS) is 20.4. The van der Waals surface area contributed by atoms with E-state index in [1.165, 1.54) is 17.5 Å². The van der Waals surface area contributed by atoms with Gasteiger partial charge in [0.05, 0.1) is 0 Å². The molecule has 1 atom stereocenters. The Kier molecular flexibility index (Phi) is 4.69. The molecule has 3 N–H and O–H groups in total. The zero-order chi connectivity index (χ0) is 20.9. The fourth-order valence-electron chi connectivity index (χ4n) is 5.00. The minimum absolute atomic E-state index is 0.140. The van der Waals surface area contributed by atoms with Crippen molar-refractivity contribution < 1.29 is 22.5 Å². The van der Waals surface area contributed by atoms with E-state index in [0.29, 0.717) is 11.8 Å². The Labute approximate surface area is 172 Å². The van der Waals surface area contributed by atoms with Gasteiger partial charge in [0, 0.05) is 13.2 Å². The maximum atomic E-state index is 13.1. The summed E-state index contributed by atoms with van der Waals surface area (Å²) in [5.41, 5.74) is 9.05. The predicted molar refractivity (Wildman–Crippen MR) is 106 cm³/mol. The minimum atomic E-state index is -4.47. The topological polar surface area (TPSA) is 67.8 Å². The third-order valence-corrected chi connectivity index (χ3v) is 6.63. The summed E-state index contributed by atoms with van der Waals surface area (Å²) in [7, 11) is 0. The standard InChI is InChI=1S/C22H23F3N4O/c23-22(24,25)19-11-17-20(26)29(12-27-21(17)28-19)18-3-1-2-14-4-5-15(10-16(14)18)13-6-8-30-9-7-13/h1-3,11-13,15H,4-10H2,(H2,26,28)/p+1/t15-/m1/s1. The number of aryl methyl sites for hydroxylation is 1. The molecular formula is C22H24F3N4O+. The zero-order valence-corrected chi connectivity index (χ0v) is 16.5. The van der Waals surface area contributed by atoms with E-state index in [9.17, 15) is 13.2 Å². The lowest BCUT2D eigenvalue weighted by atomic mass is 9.74. The first-order valence-electron chi connectivity index (χ1n) is 10.4. The molecule has 0 radical (unpaired) electrons. The van der Waals surface area contributed by atoms with E-state index < -0.39 is 11.9 Å². The molecule has 1 aliphatic heterocycles. The van der Waals surface area contributed by atoms with Crippen LogP contribution in [0.3, 0.4) is 0 Å². The monoisotopic (exact) mass is 417 g/mol. The number of fused-ring (bicyclic) bond motifs is 2. The number of hydrogen-bond donors (Lipinski definition) is 2. The van der Waals surface area contributed by atoms with Crippen molar-refractivity contribution in [2.75, 3.05) is 18.9 Å². The maximum absolute atomic E-state index is 13.1. The lowest BCUT2D eigenvalue weighted by Crippen LogP contribution is -2.38. The zero-order valence-electron chi connectivity index (χ0n) is 16.5. The van der Waals surface area contributed by atoms with Crippen molar-refractivity contribution in [1.29, 1.82) is 0 Å². The Morgan fingerprint density at radius 3 is 2.70 bits per heavy atom. The summed E-state index contributed by atoms with van der Waals surface area (Å²) < 4.78 is 46.6. The van der Waals surface area contributed by atoms with Gasteiger partial charge in [-0.15, -0.1) is 0 Å². The van der Waals surface area contributed by atoms with Crippen LogP contribution in [0, 0.1) is 11.8 Å². The van der Waals surface area contributed by atoms with Crippen molar-refractivity contribution in [3.63, 3.8) is 0 Å². The van der Waals surface area contributed by atoms with E-state index in [0.717, 1.165) is 57.1 Å². The van der Waals surface area contributed by atoms with Gasteiger partial charge in [-0.2, -0.15) is 13.2 Å². The summed E-state index contributed by atoms with van der Waals surface area (Å²) in [6, 6.07) is 7.14. The van der Waals surface area contributed by atoms with Crippen LogP contribution >= 0.6 is 0 Å². The van der Waals surface area contributed by atoms with E-state index in [4.69, 9.17) is 10.5 Å². The number of nitrogens with one attached hydrogen (secondary N) is 1. The molecule has 0 saturated carbocycles. The molecule has 3 heterocycles. The first-order valence-corrected chi connectivity index (χ1v) is 10.4. The van der Waals surface area contributed by atoms with Gasteiger partial charge >= 0.3 is 6.18 Å². The summed E-state index contributed by atoms with van der Waals surface area (Å²) in [6.45, 7) is 1.65. The molecule has 0 amide bonds. The van der Waals surface area contributed by atoms with Crippen molar-refractivity contribution in [3.8, 4) is 5.69 Å². The molecule has 5 rings (SSSR count). The molecule has 2 aromatic heterocycles. The van der Waals surface area contributed by atoms with Gasteiger partial charge in [-0.05, 0) is 67.2 Å². The molecule has 2 aliphatic rings. The molecule has 158 valence electrons. The number of ether oxygens (including phenoxy) is 1. The number of aromatic nitrogens is 3. The number of aromatic amines is 1. The fourth-order valence-corrected chi connectivity index (χ4v) is 5.00. The second-order valence-electron chi connectivity index (χ2n) is 8.31.